The van der Waals surface area contributed by atoms with E-state index in [-0.39, 0.29) is 0 Å². The molecule has 0 aliphatic heterocycles. The lowest BCUT2D eigenvalue weighted by atomic mass is 10.2. The van der Waals surface area contributed by atoms with Gasteiger partial charge >= 0.3 is 0 Å². The minimum Gasteiger partial charge on any atom is -0.399 e. The zero-order valence-corrected chi connectivity index (χ0v) is 9.45. The Bertz CT molecular complexity index is 360. The Morgan fingerprint density at radius 2 is 2.21 bits per heavy atom. The van der Waals surface area contributed by atoms with E-state index in [0.717, 1.165) is 17.9 Å². The van der Waals surface area contributed by atoms with Gasteiger partial charge in [0.25, 0.3) is 0 Å². The second kappa shape index (κ2) is 5.62. The van der Waals surface area contributed by atoms with E-state index >= 15 is 0 Å². The summed E-state index contributed by atoms with van der Waals surface area (Å²) in [6.07, 6.45) is 0.949. The van der Waals surface area contributed by atoms with Crippen LogP contribution in [-0.4, -0.2) is 5.75 Å². The predicted molar refractivity (Wildman–Crippen MR) is 64.4 cm³/mol. The van der Waals surface area contributed by atoms with Crippen LogP contribution in [-0.2, 0) is 0 Å². The second-order valence-corrected chi connectivity index (χ2v) is 4.19. The first-order valence-corrected chi connectivity index (χ1v) is 5.61. The van der Waals surface area contributed by atoms with Crippen LogP contribution in [0.3, 0.4) is 0 Å². The molecule has 0 saturated carbocycles. The van der Waals surface area contributed by atoms with Crippen molar-refractivity contribution in [2.45, 2.75) is 25.2 Å². The Hall–Kier alpha value is -1.07. The maximum atomic E-state index is 5.67. The molecular weight excluding hydrogens is 190 g/mol. The number of benzene rings is 1. The van der Waals surface area contributed by atoms with E-state index in [1.807, 2.05) is 30.8 Å². The van der Waals surface area contributed by atoms with Crippen molar-refractivity contribution >= 4 is 17.4 Å². The van der Waals surface area contributed by atoms with E-state index in [4.69, 9.17) is 5.73 Å². The van der Waals surface area contributed by atoms with Gasteiger partial charge in [-0.1, -0.05) is 0 Å². The summed E-state index contributed by atoms with van der Waals surface area (Å²) in [5.41, 5.74) is 7.76. The first kappa shape index (κ1) is 11.0. The normalized spacial score (nSPS) is 9.29. The molecule has 1 aromatic rings. The minimum atomic E-state index is 0.834. The molecule has 0 bridgehead atoms. The van der Waals surface area contributed by atoms with Gasteiger partial charge in [0.1, 0.15) is 0 Å². The number of rotatable bonds is 3. The van der Waals surface area contributed by atoms with Crippen LogP contribution in [0.15, 0.2) is 23.1 Å². The molecule has 0 amide bonds. The third kappa shape index (κ3) is 3.35. The molecule has 0 radical (unpaired) electrons. The van der Waals surface area contributed by atoms with Gasteiger partial charge in [-0.2, -0.15) is 0 Å². The van der Waals surface area contributed by atoms with E-state index in [0.29, 0.717) is 0 Å². The van der Waals surface area contributed by atoms with Gasteiger partial charge in [-0.05, 0) is 37.6 Å². The number of thioether (sulfide) groups is 1. The van der Waals surface area contributed by atoms with Crippen molar-refractivity contribution < 1.29 is 0 Å². The Morgan fingerprint density at radius 1 is 1.43 bits per heavy atom. The molecule has 1 aromatic carbocycles. The van der Waals surface area contributed by atoms with Crippen molar-refractivity contribution in [2.24, 2.45) is 0 Å². The first-order valence-electron chi connectivity index (χ1n) is 4.62. The van der Waals surface area contributed by atoms with Crippen LogP contribution >= 0.6 is 11.8 Å². The van der Waals surface area contributed by atoms with Crippen LogP contribution in [0.25, 0.3) is 0 Å². The summed E-state index contributed by atoms with van der Waals surface area (Å²) >= 11 is 1.84. The number of hydrogen-bond acceptors (Lipinski definition) is 2. The quantitative estimate of drug-likeness (QED) is 0.355. The molecular formula is C12H15NS. The van der Waals surface area contributed by atoms with Gasteiger partial charge in [-0.3, -0.25) is 0 Å². The molecule has 14 heavy (non-hydrogen) atoms. The molecule has 0 saturated heterocycles. The standard InChI is InChI=1S/C12H15NS/c1-3-4-5-8-14-12-7-6-11(13)9-10(12)2/h6-7,9H,5,8,13H2,1-2H3. The topological polar surface area (TPSA) is 26.0 Å². The molecule has 0 spiro atoms. The van der Waals surface area contributed by atoms with Gasteiger partial charge < -0.3 is 5.73 Å². The zero-order chi connectivity index (χ0) is 10.4. The van der Waals surface area contributed by atoms with E-state index in [2.05, 4.69) is 24.8 Å². The molecule has 74 valence electrons. The van der Waals surface area contributed by atoms with E-state index in [1.54, 1.807) is 0 Å². The number of aryl methyl sites for hydroxylation is 1. The molecule has 1 nitrogen and oxygen atoms in total. The molecule has 0 unspecified atom stereocenters. The smallest absolute Gasteiger partial charge is 0.0317 e. The Morgan fingerprint density at radius 3 is 2.86 bits per heavy atom. The van der Waals surface area contributed by atoms with Crippen LogP contribution in [0.4, 0.5) is 5.69 Å². The van der Waals surface area contributed by atoms with Crippen molar-refractivity contribution in [3.05, 3.63) is 23.8 Å². The maximum Gasteiger partial charge on any atom is 0.0317 e. The molecule has 1 rings (SSSR count). The molecule has 2 N–H and O–H groups in total. The molecule has 0 heterocycles. The largest absolute Gasteiger partial charge is 0.399 e. The lowest BCUT2D eigenvalue weighted by molar-refractivity contribution is 1.26. The van der Waals surface area contributed by atoms with Crippen molar-refractivity contribution in [3.63, 3.8) is 0 Å². The molecule has 0 aliphatic carbocycles. The summed E-state index contributed by atoms with van der Waals surface area (Å²) in [7, 11) is 0. The molecule has 0 aliphatic rings. The van der Waals surface area contributed by atoms with Gasteiger partial charge in [0.2, 0.25) is 0 Å². The fourth-order valence-electron chi connectivity index (χ4n) is 1.17. The highest BCUT2D eigenvalue weighted by Gasteiger charge is 1.98. The highest BCUT2D eigenvalue weighted by Crippen LogP contribution is 2.24. The lowest BCUT2D eigenvalue weighted by Crippen LogP contribution is -1.87. The highest BCUT2D eigenvalue weighted by atomic mass is 32.2. The number of nitrogens with two attached hydrogens (primary N) is 1. The average molecular weight is 205 g/mol. The molecule has 0 aromatic heterocycles. The summed E-state index contributed by atoms with van der Waals surface area (Å²) in [5.74, 6) is 7.00. The van der Waals surface area contributed by atoms with Gasteiger partial charge in [0.05, 0.1) is 0 Å². The number of anilines is 1. The summed E-state index contributed by atoms with van der Waals surface area (Å²) in [4.78, 5) is 1.30. The minimum absolute atomic E-state index is 0.834. The third-order valence-corrected chi connectivity index (χ3v) is 3.04. The molecule has 0 atom stereocenters. The lowest BCUT2D eigenvalue weighted by Gasteiger charge is -2.04. The number of hydrogen-bond donors (Lipinski definition) is 1. The fourth-order valence-corrected chi connectivity index (χ4v) is 2.05. The summed E-state index contributed by atoms with van der Waals surface area (Å²) < 4.78 is 0. The van der Waals surface area contributed by atoms with Gasteiger partial charge in [-0.15, -0.1) is 23.6 Å². The molecule has 2 heteroatoms. The number of nitrogen functional groups attached to an aromatic ring is 1. The van der Waals surface area contributed by atoms with Crippen molar-refractivity contribution in [1.82, 2.24) is 0 Å². The van der Waals surface area contributed by atoms with Gasteiger partial charge in [0, 0.05) is 22.8 Å². The van der Waals surface area contributed by atoms with Crippen molar-refractivity contribution in [3.8, 4) is 11.8 Å². The van der Waals surface area contributed by atoms with E-state index in [9.17, 15) is 0 Å². The van der Waals surface area contributed by atoms with Gasteiger partial charge in [0.15, 0.2) is 0 Å². The van der Waals surface area contributed by atoms with Crippen LogP contribution in [0.5, 0.6) is 0 Å². The van der Waals surface area contributed by atoms with Crippen molar-refractivity contribution in [1.29, 1.82) is 0 Å². The predicted octanol–water partition coefficient (Wildman–Crippen LogP) is 3.08. The third-order valence-electron chi connectivity index (χ3n) is 1.86. The first-order chi connectivity index (χ1) is 6.74. The summed E-state index contributed by atoms with van der Waals surface area (Å²) in [6, 6.07) is 6.03. The maximum absolute atomic E-state index is 5.67. The monoisotopic (exact) mass is 205 g/mol. The van der Waals surface area contributed by atoms with Crippen LogP contribution < -0.4 is 5.73 Å². The highest BCUT2D eigenvalue weighted by molar-refractivity contribution is 7.99. The zero-order valence-electron chi connectivity index (χ0n) is 8.63. The Labute approximate surface area is 90.1 Å². The van der Waals surface area contributed by atoms with Crippen LogP contribution in [0.2, 0.25) is 0 Å². The SMILES string of the molecule is CC#CCCSc1ccc(N)cc1C. The fraction of sp³-hybridized carbons (Fsp3) is 0.333. The Balaban J connectivity index is 2.53. The van der Waals surface area contributed by atoms with Gasteiger partial charge in [-0.25, -0.2) is 0 Å². The van der Waals surface area contributed by atoms with Crippen molar-refractivity contribution in [2.75, 3.05) is 11.5 Å². The average Bonchev–Trinajstić information content (AvgIpc) is 2.15. The van der Waals surface area contributed by atoms with E-state index in [1.165, 1.54) is 10.5 Å². The van der Waals surface area contributed by atoms with E-state index < -0.39 is 0 Å². The van der Waals surface area contributed by atoms with Crippen LogP contribution in [0.1, 0.15) is 18.9 Å². The summed E-state index contributed by atoms with van der Waals surface area (Å²) in [5, 5.41) is 0. The molecule has 0 fully saturated rings. The Kier molecular flexibility index (Phi) is 4.42. The van der Waals surface area contributed by atoms with Crippen LogP contribution in [0, 0.1) is 18.8 Å². The summed E-state index contributed by atoms with van der Waals surface area (Å²) in [6.45, 7) is 3.96. The second-order valence-electron chi connectivity index (χ2n) is 3.05.